The highest BCUT2D eigenvalue weighted by atomic mass is 16.5. The molecule has 0 heterocycles. The van der Waals surface area contributed by atoms with E-state index < -0.39 is 5.54 Å². The summed E-state index contributed by atoms with van der Waals surface area (Å²) < 4.78 is 10.9. The lowest BCUT2D eigenvalue weighted by molar-refractivity contribution is 0.0126. The summed E-state index contributed by atoms with van der Waals surface area (Å²) in [4.78, 5) is 0. The Kier molecular flexibility index (Phi) is 7.02. The highest BCUT2D eigenvalue weighted by molar-refractivity contribution is 5.23. The molecule has 0 amide bonds. The molecular weight excluding hydrogens is 242 g/mol. The number of hydrogen-bond donors (Lipinski definition) is 2. The van der Waals surface area contributed by atoms with Gasteiger partial charge in [0.05, 0.1) is 31.5 Å². The standard InChI is InChI=1S/C15H25NO3/c1-13(2)19-11-10-18-9-8-15(16,12-17)14-6-4-3-5-7-14/h3-7,13,17H,8-12,16H2,1-2H3. The van der Waals surface area contributed by atoms with Gasteiger partial charge in [-0.25, -0.2) is 0 Å². The second kappa shape index (κ2) is 8.27. The van der Waals surface area contributed by atoms with Crippen LogP contribution in [-0.4, -0.2) is 37.6 Å². The highest BCUT2D eigenvalue weighted by Gasteiger charge is 2.25. The topological polar surface area (TPSA) is 64.7 Å². The van der Waals surface area contributed by atoms with E-state index in [4.69, 9.17) is 15.2 Å². The Bertz CT molecular complexity index is 343. The van der Waals surface area contributed by atoms with Gasteiger partial charge in [-0.15, -0.1) is 0 Å². The summed E-state index contributed by atoms with van der Waals surface area (Å²) in [6.45, 7) is 5.53. The molecule has 19 heavy (non-hydrogen) atoms. The maximum atomic E-state index is 9.51. The van der Waals surface area contributed by atoms with Crippen LogP contribution in [0.15, 0.2) is 30.3 Å². The van der Waals surface area contributed by atoms with Crippen molar-refractivity contribution in [3.63, 3.8) is 0 Å². The van der Waals surface area contributed by atoms with E-state index in [2.05, 4.69) is 0 Å². The van der Waals surface area contributed by atoms with E-state index in [0.717, 1.165) is 5.56 Å². The molecule has 0 bridgehead atoms. The van der Waals surface area contributed by atoms with Gasteiger partial charge in [0.2, 0.25) is 0 Å². The molecule has 0 aliphatic heterocycles. The largest absolute Gasteiger partial charge is 0.394 e. The minimum absolute atomic E-state index is 0.0944. The molecule has 108 valence electrons. The Morgan fingerprint density at radius 3 is 2.42 bits per heavy atom. The molecule has 0 radical (unpaired) electrons. The van der Waals surface area contributed by atoms with Crippen LogP contribution in [0.25, 0.3) is 0 Å². The molecule has 0 fully saturated rings. The number of rotatable bonds is 9. The predicted octanol–water partition coefficient (Wildman–Crippen LogP) is 1.66. The molecule has 4 heteroatoms. The van der Waals surface area contributed by atoms with Gasteiger partial charge in [-0.1, -0.05) is 30.3 Å². The zero-order valence-electron chi connectivity index (χ0n) is 11.8. The number of hydrogen-bond acceptors (Lipinski definition) is 4. The van der Waals surface area contributed by atoms with Crippen LogP contribution < -0.4 is 5.73 Å². The summed E-state index contributed by atoms with van der Waals surface area (Å²) >= 11 is 0. The van der Waals surface area contributed by atoms with Gasteiger partial charge in [0.1, 0.15) is 0 Å². The van der Waals surface area contributed by atoms with Crippen LogP contribution in [0.2, 0.25) is 0 Å². The number of benzene rings is 1. The van der Waals surface area contributed by atoms with Crippen LogP contribution in [0.4, 0.5) is 0 Å². The molecule has 0 spiro atoms. The van der Waals surface area contributed by atoms with Gasteiger partial charge in [0.15, 0.2) is 0 Å². The lowest BCUT2D eigenvalue weighted by atomic mass is 9.89. The Balaban J connectivity index is 2.33. The second-order valence-corrected chi connectivity index (χ2v) is 4.96. The molecule has 1 rings (SSSR count). The summed E-state index contributed by atoms with van der Waals surface area (Å²) in [6.07, 6.45) is 0.800. The van der Waals surface area contributed by atoms with Gasteiger partial charge in [0, 0.05) is 6.61 Å². The fraction of sp³-hybridized carbons (Fsp3) is 0.600. The number of nitrogens with two attached hydrogens (primary N) is 1. The quantitative estimate of drug-likeness (QED) is 0.668. The van der Waals surface area contributed by atoms with Gasteiger partial charge in [-0.05, 0) is 25.8 Å². The third-order valence-electron chi connectivity index (χ3n) is 3.00. The maximum absolute atomic E-state index is 9.51. The lowest BCUT2D eigenvalue weighted by Crippen LogP contribution is -2.41. The monoisotopic (exact) mass is 267 g/mol. The second-order valence-electron chi connectivity index (χ2n) is 4.96. The van der Waals surface area contributed by atoms with Gasteiger partial charge < -0.3 is 20.3 Å². The van der Waals surface area contributed by atoms with E-state index >= 15 is 0 Å². The van der Waals surface area contributed by atoms with Crippen molar-refractivity contribution >= 4 is 0 Å². The number of aliphatic hydroxyl groups is 1. The minimum atomic E-state index is -0.736. The molecule has 3 N–H and O–H groups in total. The maximum Gasteiger partial charge on any atom is 0.0703 e. The van der Waals surface area contributed by atoms with Gasteiger partial charge >= 0.3 is 0 Å². The predicted molar refractivity (Wildman–Crippen MR) is 75.9 cm³/mol. The molecule has 1 atom stereocenters. The lowest BCUT2D eigenvalue weighted by Gasteiger charge is -2.27. The zero-order chi connectivity index (χ0) is 14.1. The fourth-order valence-electron chi connectivity index (χ4n) is 1.78. The summed E-state index contributed by atoms with van der Waals surface area (Å²) in [5.41, 5.74) is 6.41. The average Bonchev–Trinajstić information content (AvgIpc) is 2.43. The zero-order valence-corrected chi connectivity index (χ0v) is 11.8. The average molecular weight is 267 g/mol. The Morgan fingerprint density at radius 1 is 1.16 bits per heavy atom. The van der Waals surface area contributed by atoms with E-state index in [1.54, 1.807) is 0 Å². The minimum Gasteiger partial charge on any atom is -0.394 e. The van der Waals surface area contributed by atoms with Crippen molar-refractivity contribution in [2.45, 2.75) is 31.9 Å². The van der Waals surface area contributed by atoms with E-state index in [-0.39, 0.29) is 12.7 Å². The van der Waals surface area contributed by atoms with E-state index in [0.29, 0.717) is 26.2 Å². The van der Waals surface area contributed by atoms with Gasteiger partial charge in [-0.3, -0.25) is 0 Å². The molecule has 0 aromatic heterocycles. The Hall–Kier alpha value is -0.940. The first-order chi connectivity index (χ1) is 9.08. The van der Waals surface area contributed by atoms with Crippen molar-refractivity contribution in [2.75, 3.05) is 26.4 Å². The summed E-state index contributed by atoms with van der Waals surface area (Å²) in [5, 5.41) is 9.51. The Labute approximate surface area is 115 Å². The third-order valence-corrected chi connectivity index (χ3v) is 3.00. The van der Waals surface area contributed by atoms with Gasteiger partial charge in [0.25, 0.3) is 0 Å². The normalized spacial score (nSPS) is 14.6. The number of aliphatic hydroxyl groups excluding tert-OH is 1. The smallest absolute Gasteiger partial charge is 0.0703 e. The van der Waals surface area contributed by atoms with Crippen molar-refractivity contribution in [2.24, 2.45) is 5.73 Å². The van der Waals surface area contributed by atoms with Crippen molar-refractivity contribution in [1.29, 1.82) is 0 Å². The van der Waals surface area contributed by atoms with Crippen LogP contribution >= 0.6 is 0 Å². The third kappa shape index (κ3) is 5.70. The highest BCUT2D eigenvalue weighted by Crippen LogP contribution is 2.21. The summed E-state index contributed by atoms with van der Waals surface area (Å²) in [6, 6.07) is 9.63. The van der Waals surface area contributed by atoms with Gasteiger partial charge in [-0.2, -0.15) is 0 Å². The fourth-order valence-corrected chi connectivity index (χ4v) is 1.78. The molecule has 1 unspecified atom stereocenters. The first-order valence-electron chi connectivity index (χ1n) is 6.73. The summed E-state index contributed by atoms with van der Waals surface area (Å²) in [5.74, 6) is 0. The van der Waals surface area contributed by atoms with Crippen molar-refractivity contribution in [3.8, 4) is 0 Å². The van der Waals surface area contributed by atoms with E-state index in [1.807, 2.05) is 44.2 Å². The summed E-state index contributed by atoms with van der Waals surface area (Å²) in [7, 11) is 0. The van der Waals surface area contributed by atoms with Crippen LogP contribution in [0, 0.1) is 0 Å². The van der Waals surface area contributed by atoms with Crippen molar-refractivity contribution in [1.82, 2.24) is 0 Å². The van der Waals surface area contributed by atoms with Crippen LogP contribution in [0.5, 0.6) is 0 Å². The molecule has 0 saturated heterocycles. The molecule has 4 nitrogen and oxygen atoms in total. The van der Waals surface area contributed by atoms with Crippen LogP contribution in [0.3, 0.4) is 0 Å². The SMILES string of the molecule is CC(C)OCCOCCC(N)(CO)c1ccccc1. The van der Waals surface area contributed by atoms with Crippen molar-refractivity contribution in [3.05, 3.63) is 35.9 Å². The first kappa shape index (κ1) is 16.1. The van der Waals surface area contributed by atoms with Crippen LogP contribution in [0.1, 0.15) is 25.8 Å². The number of ether oxygens (including phenoxy) is 2. The van der Waals surface area contributed by atoms with Crippen molar-refractivity contribution < 1.29 is 14.6 Å². The molecule has 1 aromatic carbocycles. The molecule has 0 aliphatic carbocycles. The van der Waals surface area contributed by atoms with E-state index in [1.165, 1.54) is 0 Å². The molecule has 1 aromatic rings. The Morgan fingerprint density at radius 2 is 1.84 bits per heavy atom. The molecule has 0 aliphatic rings. The first-order valence-corrected chi connectivity index (χ1v) is 6.73. The molecular formula is C15H25NO3. The van der Waals surface area contributed by atoms with Crippen LogP contribution in [-0.2, 0) is 15.0 Å². The van der Waals surface area contributed by atoms with E-state index in [9.17, 15) is 5.11 Å². The molecule has 0 saturated carbocycles.